The second-order valence-electron chi connectivity index (χ2n) is 5.23. The molecule has 126 valence electrons. The number of hydrogen-bond donors (Lipinski definition) is 1. The van der Waals surface area contributed by atoms with E-state index in [0.29, 0.717) is 6.42 Å². The molecule has 0 saturated carbocycles. The van der Waals surface area contributed by atoms with Crippen LogP contribution < -0.4 is 5.32 Å². The van der Waals surface area contributed by atoms with Gasteiger partial charge in [0.2, 0.25) is 0 Å². The van der Waals surface area contributed by atoms with Gasteiger partial charge in [0.25, 0.3) is 5.91 Å². The number of amides is 1. The minimum atomic E-state index is -0.378. The molecule has 2 aromatic rings. The molecule has 5 heteroatoms. The summed E-state index contributed by atoms with van der Waals surface area (Å²) in [6.45, 7) is 1.64. The molecule has 2 rings (SSSR count). The van der Waals surface area contributed by atoms with Crippen molar-refractivity contribution in [1.82, 2.24) is 0 Å². The van der Waals surface area contributed by atoms with E-state index >= 15 is 0 Å². The lowest BCUT2D eigenvalue weighted by Crippen LogP contribution is -2.24. The summed E-state index contributed by atoms with van der Waals surface area (Å²) in [5.74, 6) is -1.07. The van der Waals surface area contributed by atoms with Crippen LogP contribution in [0.5, 0.6) is 0 Å². The van der Waals surface area contributed by atoms with Crippen LogP contribution in [0.3, 0.4) is 0 Å². The molecule has 0 fully saturated rings. The second kappa shape index (κ2) is 9.13. The van der Waals surface area contributed by atoms with Crippen molar-refractivity contribution in [2.24, 2.45) is 0 Å². The molecule has 4 nitrogen and oxygen atoms in total. The van der Waals surface area contributed by atoms with Crippen LogP contribution in [-0.2, 0) is 14.3 Å². The number of rotatable bonds is 7. The molecule has 0 aliphatic rings. The van der Waals surface area contributed by atoms with Gasteiger partial charge in [-0.3, -0.25) is 9.59 Å². The molecular formula is C19H21NO3S. The van der Waals surface area contributed by atoms with Gasteiger partial charge in [0, 0.05) is 4.90 Å². The van der Waals surface area contributed by atoms with E-state index in [9.17, 15) is 9.59 Å². The van der Waals surface area contributed by atoms with E-state index in [1.165, 1.54) is 0 Å². The molecule has 1 N–H and O–H groups in total. The van der Waals surface area contributed by atoms with Crippen molar-refractivity contribution in [3.8, 4) is 0 Å². The van der Waals surface area contributed by atoms with Gasteiger partial charge < -0.3 is 10.1 Å². The summed E-state index contributed by atoms with van der Waals surface area (Å²) < 4.78 is 5.20. The number of ether oxygens (including phenoxy) is 1. The maximum absolute atomic E-state index is 12.2. The number of nitrogens with one attached hydrogen (secondary N) is 1. The molecular weight excluding hydrogens is 322 g/mol. The van der Waals surface area contributed by atoms with Crippen LogP contribution >= 0.6 is 11.8 Å². The predicted molar refractivity (Wildman–Crippen MR) is 97.3 cm³/mol. The first-order valence-corrected chi connectivity index (χ1v) is 9.02. The van der Waals surface area contributed by atoms with Crippen molar-refractivity contribution >= 4 is 29.3 Å². The maximum Gasteiger partial charge on any atom is 0.313 e. The average Bonchev–Trinajstić information content (AvgIpc) is 2.62. The van der Waals surface area contributed by atoms with Crippen molar-refractivity contribution in [2.75, 3.05) is 18.2 Å². The summed E-state index contributed by atoms with van der Waals surface area (Å²) in [5.41, 5.74) is 1.62. The topological polar surface area (TPSA) is 55.4 Å². The fourth-order valence-electron chi connectivity index (χ4n) is 2.40. The molecule has 0 unspecified atom stereocenters. The minimum absolute atomic E-state index is 0.287. The van der Waals surface area contributed by atoms with Crippen molar-refractivity contribution in [3.63, 3.8) is 0 Å². The van der Waals surface area contributed by atoms with Crippen molar-refractivity contribution in [2.45, 2.75) is 24.2 Å². The van der Waals surface area contributed by atoms with Crippen LogP contribution in [0.1, 0.15) is 24.8 Å². The van der Waals surface area contributed by atoms with Gasteiger partial charge in [-0.15, -0.1) is 11.8 Å². The molecule has 0 heterocycles. The summed E-state index contributed by atoms with van der Waals surface area (Å²) in [6, 6.07) is 17.0. The Morgan fingerprint density at radius 3 is 2.42 bits per heavy atom. The molecule has 0 aromatic heterocycles. The van der Waals surface area contributed by atoms with Crippen LogP contribution in [0.4, 0.5) is 5.69 Å². The number of para-hydroxylation sites is 1. The molecule has 2 aromatic carbocycles. The molecule has 1 amide bonds. The van der Waals surface area contributed by atoms with E-state index in [1.54, 1.807) is 11.8 Å². The molecule has 0 saturated heterocycles. The smallest absolute Gasteiger partial charge is 0.313 e. The Labute approximate surface area is 146 Å². The van der Waals surface area contributed by atoms with Crippen LogP contribution in [0.2, 0.25) is 0 Å². The summed E-state index contributed by atoms with van der Waals surface area (Å²) in [7, 11) is 0. The van der Waals surface area contributed by atoms with E-state index in [1.807, 2.05) is 67.8 Å². The quantitative estimate of drug-likeness (QED) is 0.608. The van der Waals surface area contributed by atoms with Crippen LogP contribution in [0.25, 0.3) is 0 Å². The molecule has 0 bridgehead atoms. The van der Waals surface area contributed by atoms with E-state index < -0.39 is 0 Å². The summed E-state index contributed by atoms with van der Waals surface area (Å²) in [5, 5.41) is 2.78. The predicted octanol–water partition coefficient (Wildman–Crippen LogP) is 4.08. The standard InChI is InChI=1S/C19H21NO3S/c1-3-15(14-9-5-4-6-10-14)19(22)23-13-18(21)20-16-11-7-8-12-17(16)24-2/h4-12,15H,3,13H2,1-2H3,(H,20,21)/t15-/m0/s1. The Kier molecular flexibility index (Phi) is 6.88. The molecule has 0 aliphatic heterocycles. The lowest BCUT2D eigenvalue weighted by atomic mass is 9.97. The number of esters is 1. The van der Waals surface area contributed by atoms with Crippen molar-refractivity contribution < 1.29 is 14.3 Å². The van der Waals surface area contributed by atoms with Crippen molar-refractivity contribution in [3.05, 3.63) is 60.2 Å². The number of carbonyl (C=O) groups excluding carboxylic acids is 2. The van der Waals surface area contributed by atoms with Gasteiger partial charge >= 0.3 is 5.97 Å². The Balaban J connectivity index is 1.92. The molecule has 0 spiro atoms. The first-order valence-electron chi connectivity index (χ1n) is 7.80. The zero-order valence-corrected chi connectivity index (χ0v) is 14.6. The number of carbonyl (C=O) groups is 2. The van der Waals surface area contributed by atoms with Crippen LogP contribution in [-0.4, -0.2) is 24.7 Å². The first-order chi connectivity index (χ1) is 11.7. The highest BCUT2D eigenvalue weighted by atomic mass is 32.2. The van der Waals surface area contributed by atoms with Gasteiger partial charge in [-0.25, -0.2) is 0 Å². The number of thioether (sulfide) groups is 1. The fraction of sp³-hybridized carbons (Fsp3) is 0.263. The van der Waals surface area contributed by atoms with E-state index in [-0.39, 0.29) is 24.4 Å². The van der Waals surface area contributed by atoms with Gasteiger partial charge in [-0.2, -0.15) is 0 Å². The zero-order valence-electron chi connectivity index (χ0n) is 13.8. The first kappa shape index (κ1) is 18.1. The highest BCUT2D eigenvalue weighted by molar-refractivity contribution is 7.98. The lowest BCUT2D eigenvalue weighted by Gasteiger charge is -2.15. The molecule has 1 atom stereocenters. The van der Waals surface area contributed by atoms with E-state index in [2.05, 4.69) is 5.32 Å². The number of hydrogen-bond acceptors (Lipinski definition) is 4. The maximum atomic E-state index is 12.2. The SMILES string of the molecule is CC[C@H](C(=O)OCC(=O)Nc1ccccc1SC)c1ccccc1. The Hall–Kier alpha value is -2.27. The fourth-order valence-corrected chi connectivity index (χ4v) is 2.95. The Bertz CT molecular complexity index is 688. The van der Waals surface area contributed by atoms with Gasteiger partial charge in [-0.05, 0) is 30.4 Å². The largest absolute Gasteiger partial charge is 0.455 e. The van der Waals surface area contributed by atoms with Crippen molar-refractivity contribution in [1.29, 1.82) is 0 Å². The van der Waals surface area contributed by atoms with Gasteiger partial charge in [-0.1, -0.05) is 49.4 Å². The van der Waals surface area contributed by atoms with Crippen LogP contribution in [0.15, 0.2) is 59.5 Å². The van der Waals surface area contributed by atoms with Gasteiger partial charge in [0.1, 0.15) is 0 Å². The highest BCUT2D eigenvalue weighted by Gasteiger charge is 2.21. The third kappa shape index (κ3) is 4.86. The van der Waals surface area contributed by atoms with E-state index in [0.717, 1.165) is 16.1 Å². The summed E-state index contributed by atoms with van der Waals surface area (Å²) >= 11 is 1.55. The monoisotopic (exact) mass is 343 g/mol. The normalized spacial score (nSPS) is 11.6. The highest BCUT2D eigenvalue weighted by Crippen LogP contribution is 2.24. The van der Waals surface area contributed by atoms with E-state index in [4.69, 9.17) is 4.74 Å². The zero-order chi connectivity index (χ0) is 17.4. The Morgan fingerprint density at radius 2 is 1.75 bits per heavy atom. The van der Waals surface area contributed by atoms with Gasteiger partial charge in [0.15, 0.2) is 6.61 Å². The lowest BCUT2D eigenvalue weighted by molar-refractivity contribution is -0.149. The molecule has 24 heavy (non-hydrogen) atoms. The Morgan fingerprint density at radius 1 is 1.08 bits per heavy atom. The third-order valence-corrected chi connectivity index (χ3v) is 4.42. The third-order valence-electron chi connectivity index (χ3n) is 3.62. The van der Waals surface area contributed by atoms with Crippen LogP contribution in [0, 0.1) is 0 Å². The molecule has 0 aliphatic carbocycles. The molecule has 0 radical (unpaired) electrons. The average molecular weight is 343 g/mol. The minimum Gasteiger partial charge on any atom is -0.455 e. The summed E-state index contributed by atoms with van der Waals surface area (Å²) in [4.78, 5) is 25.2. The number of anilines is 1. The number of benzene rings is 2. The summed E-state index contributed by atoms with van der Waals surface area (Å²) in [6.07, 6.45) is 2.57. The second-order valence-corrected chi connectivity index (χ2v) is 6.08. The van der Waals surface area contributed by atoms with Gasteiger partial charge in [0.05, 0.1) is 11.6 Å².